The van der Waals surface area contributed by atoms with Crippen molar-refractivity contribution in [3.8, 4) is 0 Å². The molecule has 1 aromatic heterocycles. The molecule has 7 heteroatoms. The molecule has 1 aromatic rings. The van der Waals surface area contributed by atoms with E-state index in [1.807, 2.05) is 0 Å². The number of hydrogen-bond acceptors (Lipinski definition) is 5. The van der Waals surface area contributed by atoms with Crippen LogP contribution >= 0.6 is 11.3 Å². The van der Waals surface area contributed by atoms with Crippen LogP contribution in [0.4, 0.5) is 5.13 Å². The van der Waals surface area contributed by atoms with Gasteiger partial charge in [-0.15, -0.1) is 11.3 Å². The van der Waals surface area contributed by atoms with Crippen LogP contribution in [0.3, 0.4) is 0 Å². The zero-order valence-electron chi connectivity index (χ0n) is 9.93. The number of carboxylic acid groups (broad SMARTS) is 1. The first-order chi connectivity index (χ1) is 8.56. The number of amides is 1. The number of rotatable bonds is 4. The summed E-state index contributed by atoms with van der Waals surface area (Å²) in [4.78, 5) is 27.2. The Morgan fingerprint density at radius 1 is 1.61 bits per heavy atom. The van der Waals surface area contributed by atoms with E-state index in [0.717, 1.165) is 12.8 Å². The number of hydrogen-bond donors (Lipinski definition) is 2. The molecule has 2 rings (SSSR count). The summed E-state index contributed by atoms with van der Waals surface area (Å²) in [5.41, 5.74) is 0.644. The Morgan fingerprint density at radius 2 is 2.39 bits per heavy atom. The van der Waals surface area contributed by atoms with E-state index < -0.39 is 12.1 Å². The molecule has 0 aromatic carbocycles. The molecule has 18 heavy (non-hydrogen) atoms. The third-order valence-electron chi connectivity index (χ3n) is 2.66. The van der Waals surface area contributed by atoms with Crippen molar-refractivity contribution >= 4 is 28.3 Å². The maximum Gasteiger partial charge on any atom is 0.308 e. The Bertz CT molecular complexity index is 466. The smallest absolute Gasteiger partial charge is 0.308 e. The summed E-state index contributed by atoms with van der Waals surface area (Å²) in [6.45, 7) is 2.34. The third kappa shape index (κ3) is 3.05. The van der Waals surface area contributed by atoms with Gasteiger partial charge in [0.1, 0.15) is 6.10 Å². The van der Waals surface area contributed by atoms with Crippen molar-refractivity contribution in [2.45, 2.75) is 32.3 Å². The van der Waals surface area contributed by atoms with E-state index in [4.69, 9.17) is 9.84 Å². The minimum Gasteiger partial charge on any atom is -0.481 e. The highest BCUT2D eigenvalue weighted by Gasteiger charge is 2.24. The molecule has 2 heterocycles. The quantitative estimate of drug-likeness (QED) is 0.858. The van der Waals surface area contributed by atoms with Gasteiger partial charge in [0, 0.05) is 11.5 Å². The molecule has 0 radical (unpaired) electrons. The van der Waals surface area contributed by atoms with Crippen molar-refractivity contribution in [1.82, 2.24) is 4.98 Å². The van der Waals surface area contributed by atoms with Crippen LogP contribution < -0.4 is 5.32 Å². The van der Waals surface area contributed by atoms with Gasteiger partial charge >= 0.3 is 5.97 Å². The summed E-state index contributed by atoms with van der Waals surface area (Å²) < 4.78 is 5.26. The lowest BCUT2D eigenvalue weighted by Crippen LogP contribution is -2.26. The molecule has 1 amide bonds. The minimum atomic E-state index is -0.904. The van der Waals surface area contributed by atoms with Crippen molar-refractivity contribution < 1.29 is 19.4 Å². The lowest BCUT2D eigenvalue weighted by atomic mass is 10.2. The fraction of sp³-hybridized carbons (Fsp3) is 0.545. The van der Waals surface area contributed by atoms with Crippen LogP contribution in [0.2, 0.25) is 0 Å². The first kappa shape index (κ1) is 13.0. The summed E-state index contributed by atoms with van der Waals surface area (Å²) in [7, 11) is 0. The van der Waals surface area contributed by atoms with E-state index in [0.29, 0.717) is 22.3 Å². The van der Waals surface area contributed by atoms with E-state index in [1.165, 1.54) is 11.3 Å². The molecule has 0 aliphatic carbocycles. The van der Waals surface area contributed by atoms with E-state index in [1.54, 1.807) is 6.92 Å². The summed E-state index contributed by atoms with van der Waals surface area (Å²) in [5, 5.41) is 11.8. The highest BCUT2D eigenvalue weighted by Crippen LogP contribution is 2.24. The van der Waals surface area contributed by atoms with Gasteiger partial charge in [-0.3, -0.25) is 14.9 Å². The SMILES string of the molecule is Cc1nc(NC(=O)C2CCCO2)sc1CC(=O)O. The fourth-order valence-electron chi connectivity index (χ4n) is 1.75. The number of aliphatic carboxylic acids is 1. The Labute approximate surface area is 108 Å². The number of anilines is 1. The third-order valence-corrected chi connectivity index (χ3v) is 3.73. The monoisotopic (exact) mass is 270 g/mol. The zero-order chi connectivity index (χ0) is 13.1. The van der Waals surface area contributed by atoms with Gasteiger partial charge in [-0.2, -0.15) is 0 Å². The summed E-state index contributed by atoms with van der Waals surface area (Å²) >= 11 is 1.20. The van der Waals surface area contributed by atoms with Crippen molar-refractivity contribution in [1.29, 1.82) is 0 Å². The number of carbonyl (C=O) groups excluding carboxylic acids is 1. The van der Waals surface area contributed by atoms with Gasteiger partial charge in [0.25, 0.3) is 5.91 Å². The largest absolute Gasteiger partial charge is 0.481 e. The van der Waals surface area contributed by atoms with E-state index in [-0.39, 0.29) is 12.3 Å². The number of aryl methyl sites for hydroxylation is 1. The number of aromatic nitrogens is 1. The zero-order valence-corrected chi connectivity index (χ0v) is 10.7. The van der Waals surface area contributed by atoms with E-state index in [9.17, 15) is 9.59 Å². The standard InChI is InChI=1S/C11H14N2O4S/c1-6-8(5-9(14)15)18-11(12-6)13-10(16)7-3-2-4-17-7/h7H,2-5H2,1H3,(H,14,15)(H,12,13,16). The molecule has 1 atom stereocenters. The molecule has 2 N–H and O–H groups in total. The van der Waals surface area contributed by atoms with Crippen molar-refractivity contribution in [2.75, 3.05) is 11.9 Å². The van der Waals surface area contributed by atoms with E-state index >= 15 is 0 Å². The van der Waals surface area contributed by atoms with Crippen molar-refractivity contribution in [3.63, 3.8) is 0 Å². The van der Waals surface area contributed by atoms with Crippen molar-refractivity contribution in [2.24, 2.45) is 0 Å². The van der Waals surface area contributed by atoms with E-state index in [2.05, 4.69) is 10.3 Å². The van der Waals surface area contributed by atoms with Crippen LogP contribution in [0.5, 0.6) is 0 Å². The highest BCUT2D eigenvalue weighted by atomic mass is 32.1. The first-order valence-electron chi connectivity index (χ1n) is 5.67. The van der Waals surface area contributed by atoms with Crippen molar-refractivity contribution in [3.05, 3.63) is 10.6 Å². The number of carbonyl (C=O) groups is 2. The number of thiazole rings is 1. The second-order valence-corrected chi connectivity index (χ2v) is 5.17. The van der Waals surface area contributed by atoms with Gasteiger partial charge in [0.05, 0.1) is 12.1 Å². The molecule has 0 saturated carbocycles. The topological polar surface area (TPSA) is 88.5 Å². The number of ether oxygens (including phenoxy) is 1. The minimum absolute atomic E-state index is 0.0701. The Morgan fingerprint density at radius 3 is 3.00 bits per heavy atom. The van der Waals surface area contributed by atoms with Gasteiger partial charge < -0.3 is 9.84 Å². The van der Waals surface area contributed by atoms with Crippen LogP contribution in [0.1, 0.15) is 23.4 Å². The molecule has 1 aliphatic rings. The van der Waals surface area contributed by atoms with Gasteiger partial charge in [-0.05, 0) is 19.8 Å². The molecule has 0 spiro atoms. The highest BCUT2D eigenvalue weighted by molar-refractivity contribution is 7.16. The molecule has 1 saturated heterocycles. The fourth-order valence-corrected chi connectivity index (χ4v) is 2.71. The van der Waals surface area contributed by atoms with Crippen LogP contribution in [-0.2, 0) is 20.7 Å². The van der Waals surface area contributed by atoms with Gasteiger partial charge in [-0.25, -0.2) is 4.98 Å². The average molecular weight is 270 g/mol. The summed E-state index contributed by atoms with van der Waals surface area (Å²) in [6.07, 6.45) is 1.13. The Kier molecular flexibility index (Phi) is 3.93. The Balaban J connectivity index is 2.00. The average Bonchev–Trinajstić information content (AvgIpc) is 2.89. The van der Waals surface area contributed by atoms with Gasteiger partial charge in [0.2, 0.25) is 0 Å². The molecule has 1 unspecified atom stereocenters. The normalized spacial score (nSPS) is 18.8. The molecular formula is C11H14N2O4S. The molecule has 1 fully saturated rings. The second kappa shape index (κ2) is 5.45. The molecule has 6 nitrogen and oxygen atoms in total. The number of nitrogens with one attached hydrogen (secondary N) is 1. The maximum atomic E-state index is 11.8. The molecule has 0 bridgehead atoms. The number of carboxylic acids is 1. The predicted molar refractivity (Wildman–Crippen MR) is 65.8 cm³/mol. The molecule has 98 valence electrons. The lowest BCUT2D eigenvalue weighted by molar-refractivity contribution is -0.136. The lowest BCUT2D eigenvalue weighted by Gasteiger charge is -2.07. The van der Waals surface area contributed by atoms with Crippen LogP contribution in [0, 0.1) is 6.92 Å². The van der Waals surface area contributed by atoms with Gasteiger partial charge in [-0.1, -0.05) is 0 Å². The second-order valence-electron chi connectivity index (χ2n) is 4.09. The molecular weight excluding hydrogens is 256 g/mol. The maximum absolute atomic E-state index is 11.8. The Hall–Kier alpha value is -1.47. The first-order valence-corrected chi connectivity index (χ1v) is 6.48. The number of nitrogens with zero attached hydrogens (tertiary/aromatic N) is 1. The van der Waals surface area contributed by atoms with Gasteiger partial charge in [0.15, 0.2) is 5.13 Å². The molecule has 1 aliphatic heterocycles. The summed E-state index contributed by atoms with van der Waals surface area (Å²) in [6, 6.07) is 0. The van der Waals surface area contributed by atoms with Crippen LogP contribution in [-0.4, -0.2) is 34.7 Å². The van der Waals surface area contributed by atoms with Crippen LogP contribution in [0.15, 0.2) is 0 Å². The van der Waals surface area contributed by atoms with Crippen LogP contribution in [0.25, 0.3) is 0 Å². The predicted octanol–water partition coefficient (Wildman–Crippen LogP) is 1.20. The summed E-state index contributed by atoms with van der Waals surface area (Å²) in [5.74, 6) is -1.11.